The first-order valence-corrected chi connectivity index (χ1v) is 8.62. The summed E-state index contributed by atoms with van der Waals surface area (Å²) in [5.41, 5.74) is 0.798. The van der Waals surface area contributed by atoms with Crippen molar-refractivity contribution in [2.75, 3.05) is 32.6 Å². The lowest BCUT2D eigenvalue weighted by atomic mass is 10.0. The highest BCUT2D eigenvalue weighted by molar-refractivity contribution is 6.24. The van der Waals surface area contributed by atoms with Crippen LogP contribution in [0.1, 0.15) is 12.8 Å². The largest absolute Gasteiger partial charge is 0.339 e. The van der Waals surface area contributed by atoms with E-state index in [1.165, 1.54) is 7.11 Å². The van der Waals surface area contributed by atoms with Gasteiger partial charge in [-0.05, 0) is 45.1 Å². The SMILES string of the molecule is COC1(NC2CCN(C)CC2)C(F)=CN=C(Nc2ccccc2)N1Cl. The molecule has 0 saturated carbocycles. The Morgan fingerprint density at radius 3 is 2.60 bits per heavy atom. The van der Waals surface area contributed by atoms with E-state index in [9.17, 15) is 4.39 Å². The number of para-hydroxylation sites is 1. The van der Waals surface area contributed by atoms with Gasteiger partial charge in [0.15, 0.2) is 5.83 Å². The quantitative estimate of drug-likeness (QED) is 0.633. The van der Waals surface area contributed by atoms with Crippen molar-refractivity contribution in [1.29, 1.82) is 0 Å². The third-order valence-electron chi connectivity index (χ3n) is 4.53. The Morgan fingerprint density at radius 2 is 1.96 bits per heavy atom. The van der Waals surface area contributed by atoms with Crippen molar-refractivity contribution in [3.8, 4) is 0 Å². The van der Waals surface area contributed by atoms with E-state index in [1.54, 1.807) is 0 Å². The highest BCUT2D eigenvalue weighted by atomic mass is 35.5. The summed E-state index contributed by atoms with van der Waals surface area (Å²) in [5.74, 6) is -1.87. The summed E-state index contributed by atoms with van der Waals surface area (Å²) in [4.78, 5) is 6.31. The molecule has 3 rings (SSSR count). The normalized spacial score (nSPS) is 25.5. The van der Waals surface area contributed by atoms with Crippen LogP contribution in [0.25, 0.3) is 0 Å². The molecule has 1 unspecified atom stereocenters. The van der Waals surface area contributed by atoms with Crippen molar-refractivity contribution < 1.29 is 9.13 Å². The molecular formula is C17H23ClFN5O. The number of piperidine rings is 1. The van der Waals surface area contributed by atoms with Crippen LogP contribution in [0.3, 0.4) is 0 Å². The van der Waals surface area contributed by atoms with E-state index < -0.39 is 11.7 Å². The van der Waals surface area contributed by atoms with Gasteiger partial charge in [-0.25, -0.2) is 13.8 Å². The van der Waals surface area contributed by atoms with Crippen LogP contribution < -0.4 is 10.6 Å². The number of hydrogen-bond acceptors (Lipinski definition) is 6. The number of aliphatic imine (C=N–C) groups is 1. The molecule has 2 aliphatic heterocycles. The predicted molar refractivity (Wildman–Crippen MR) is 97.8 cm³/mol. The summed E-state index contributed by atoms with van der Waals surface area (Å²) in [6, 6.07) is 9.53. The maximum absolute atomic E-state index is 14.7. The lowest BCUT2D eigenvalue weighted by Crippen LogP contribution is -2.64. The van der Waals surface area contributed by atoms with Gasteiger partial charge in [0.2, 0.25) is 5.96 Å². The number of anilines is 1. The first kappa shape index (κ1) is 18.1. The summed E-state index contributed by atoms with van der Waals surface area (Å²) in [5, 5.41) is 6.33. The lowest BCUT2D eigenvalue weighted by molar-refractivity contribution is -0.0936. The molecule has 1 atom stereocenters. The minimum Gasteiger partial charge on any atom is -0.339 e. The molecule has 1 aromatic carbocycles. The number of likely N-dealkylation sites (tertiary alicyclic amines) is 1. The number of rotatable bonds is 4. The highest BCUT2D eigenvalue weighted by Crippen LogP contribution is 2.32. The summed E-state index contributed by atoms with van der Waals surface area (Å²) in [6.45, 7) is 1.88. The van der Waals surface area contributed by atoms with Crippen molar-refractivity contribution in [2.45, 2.75) is 24.7 Å². The van der Waals surface area contributed by atoms with E-state index in [0.717, 1.165) is 42.2 Å². The summed E-state index contributed by atoms with van der Waals surface area (Å²) >= 11 is 6.46. The number of benzene rings is 1. The first-order chi connectivity index (χ1) is 12.0. The van der Waals surface area contributed by atoms with Gasteiger partial charge < -0.3 is 15.0 Å². The molecule has 2 aliphatic rings. The van der Waals surface area contributed by atoms with Gasteiger partial charge in [-0.2, -0.15) is 0 Å². The average molecular weight is 368 g/mol. The summed E-state index contributed by atoms with van der Waals surface area (Å²) in [6.07, 6.45) is 2.91. The fraction of sp³-hybridized carbons (Fsp3) is 0.471. The van der Waals surface area contributed by atoms with Crippen LogP contribution in [0.15, 0.2) is 47.4 Å². The van der Waals surface area contributed by atoms with Gasteiger partial charge in [-0.15, -0.1) is 0 Å². The van der Waals surface area contributed by atoms with Crippen molar-refractivity contribution >= 4 is 23.4 Å². The fourth-order valence-electron chi connectivity index (χ4n) is 3.02. The van der Waals surface area contributed by atoms with Crippen molar-refractivity contribution in [3.05, 3.63) is 42.4 Å². The molecule has 1 fully saturated rings. The molecule has 2 heterocycles. The number of guanidine groups is 1. The van der Waals surface area contributed by atoms with Crippen molar-refractivity contribution in [1.82, 2.24) is 14.6 Å². The zero-order chi connectivity index (χ0) is 17.9. The zero-order valence-corrected chi connectivity index (χ0v) is 15.1. The van der Waals surface area contributed by atoms with E-state index >= 15 is 0 Å². The van der Waals surface area contributed by atoms with Crippen LogP contribution in [0.2, 0.25) is 0 Å². The predicted octanol–water partition coefficient (Wildman–Crippen LogP) is 2.72. The van der Waals surface area contributed by atoms with Gasteiger partial charge in [-0.1, -0.05) is 18.2 Å². The van der Waals surface area contributed by atoms with Crippen LogP contribution in [0.4, 0.5) is 10.1 Å². The van der Waals surface area contributed by atoms with Gasteiger partial charge in [0.1, 0.15) is 0 Å². The zero-order valence-electron chi connectivity index (χ0n) is 14.4. The monoisotopic (exact) mass is 367 g/mol. The molecule has 6 nitrogen and oxygen atoms in total. The van der Waals surface area contributed by atoms with Crippen LogP contribution in [0.5, 0.6) is 0 Å². The van der Waals surface area contributed by atoms with Crippen LogP contribution >= 0.6 is 11.8 Å². The molecular weight excluding hydrogens is 345 g/mol. The van der Waals surface area contributed by atoms with Crippen molar-refractivity contribution in [3.63, 3.8) is 0 Å². The maximum atomic E-state index is 14.7. The summed E-state index contributed by atoms with van der Waals surface area (Å²) < 4.78 is 21.4. The average Bonchev–Trinajstić information content (AvgIpc) is 2.64. The minimum absolute atomic E-state index is 0.0904. The topological polar surface area (TPSA) is 52.1 Å². The third kappa shape index (κ3) is 3.79. The van der Waals surface area contributed by atoms with E-state index in [-0.39, 0.29) is 12.0 Å². The van der Waals surface area contributed by atoms with Crippen LogP contribution in [0, 0.1) is 0 Å². The Hall–Kier alpha value is -1.67. The molecule has 0 spiro atoms. The molecule has 0 radical (unpaired) electrons. The standard InChI is InChI=1S/C17H23ClFN5O/c1-23-10-8-14(9-11-23)22-17(25-2)15(19)12-20-16(24(17)18)21-13-6-4-3-5-7-13/h3-7,12,14,22H,8-11H2,1-2H3,(H,20,21). The van der Waals surface area contributed by atoms with E-state index in [1.807, 2.05) is 30.3 Å². The Balaban J connectivity index is 1.79. The Morgan fingerprint density at radius 1 is 1.28 bits per heavy atom. The molecule has 0 aliphatic carbocycles. The number of halogens is 2. The smallest absolute Gasteiger partial charge is 0.270 e. The third-order valence-corrected chi connectivity index (χ3v) is 4.93. The van der Waals surface area contributed by atoms with E-state index in [0.29, 0.717) is 0 Å². The first-order valence-electron chi connectivity index (χ1n) is 8.28. The van der Waals surface area contributed by atoms with Gasteiger partial charge >= 0.3 is 0 Å². The lowest BCUT2D eigenvalue weighted by Gasteiger charge is -2.43. The molecule has 1 aromatic rings. The van der Waals surface area contributed by atoms with Gasteiger partial charge in [-0.3, -0.25) is 5.32 Å². The second-order valence-corrected chi connectivity index (χ2v) is 6.61. The highest BCUT2D eigenvalue weighted by Gasteiger charge is 2.47. The second kappa shape index (κ2) is 7.70. The molecule has 1 saturated heterocycles. The molecule has 136 valence electrons. The Labute approximate surface area is 152 Å². The molecule has 2 N–H and O–H groups in total. The Kier molecular flexibility index (Phi) is 5.58. The Bertz CT molecular complexity index is 648. The molecule has 0 amide bonds. The molecule has 0 bridgehead atoms. The van der Waals surface area contributed by atoms with Gasteiger partial charge in [0.05, 0.1) is 6.20 Å². The minimum atomic E-state index is -1.58. The number of nitrogens with one attached hydrogen (secondary N) is 2. The van der Waals surface area contributed by atoms with E-state index in [2.05, 4.69) is 27.6 Å². The second-order valence-electron chi connectivity index (χ2n) is 6.27. The molecule has 25 heavy (non-hydrogen) atoms. The van der Waals surface area contributed by atoms with Crippen LogP contribution in [-0.2, 0) is 4.74 Å². The van der Waals surface area contributed by atoms with E-state index in [4.69, 9.17) is 16.5 Å². The number of hydrogen-bond donors (Lipinski definition) is 2. The number of methoxy groups -OCH3 is 1. The van der Waals surface area contributed by atoms with Crippen LogP contribution in [-0.4, -0.2) is 54.4 Å². The number of ether oxygens (including phenoxy) is 1. The van der Waals surface area contributed by atoms with Gasteiger partial charge in [0, 0.05) is 30.6 Å². The fourth-order valence-corrected chi connectivity index (χ4v) is 3.31. The molecule has 0 aromatic heterocycles. The number of nitrogens with zero attached hydrogens (tertiary/aromatic N) is 3. The van der Waals surface area contributed by atoms with Crippen molar-refractivity contribution in [2.24, 2.45) is 4.99 Å². The molecule has 8 heteroatoms. The maximum Gasteiger partial charge on any atom is 0.270 e. The van der Waals surface area contributed by atoms with Gasteiger partial charge in [0.25, 0.3) is 5.85 Å². The summed E-state index contributed by atoms with van der Waals surface area (Å²) in [7, 11) is 3.50.